The number of carbonyl (C=O) groups is 2. The van der Waals surface area contributed by atoms with Crippen LogP contribution in [0.4, 0.5) is 16.7 Å². The van der Waals surface area contributed by atoms with Crippen molar-refractivity contribution < 1.29 is 28.9 Å². The Morgan fingerprint density at radius 1 is 1.03 bits per heavy atom. The van der Waals surface area contributed by atoms with Crippen molar-refractivity contribution in [2.24, 2.45) is 0 Å². The van der Waals surface area contributed by atoms with Crippen molar-refractivity contribution in [3.8, 4) is 17.2 Å². The van der Waals surface area contributed by atoms with E-state index < -0.39 is 18.1 Å². The van der Waals surface area contributed by atoms with Crippen LogP contribution in [0.2, 0.25) is 0 Å². The first kappa shape index (κ1) is 28.0. The van der Waals surface area contributed by atoms with Crippen LogP contribution < -0.4 is 24.8 Å². The standard InChI is InChI=1S/C26H32N6O6/c1-5-37-21-11-8-18(15-22(21)36-4)12-13-27-24-28-16-29-25(31-24)30-20(23(33)34)14-17-6-9-19(10-7-17)38-26(35)32(2)3/h6-11,15-16,20H,5,12-14H2,1-4H3,(H,33,34)(H2,27,28,29,30,31)/t20-/m0/s1. The highest BCUT2D eigenvalue weighted by Gasteiger charge is 2.20. The molecule has 12 nitrogen and oxygen atoms in total. The molecular weight excluding hydrogens is 492 g/mol. The van der Waals surface area contributed by atoms with E-state index in [1.54, 1.807) is 45.5 Å². The maximum atomic E-state index is 11.9. The fourth-order valence-electron chi connectivity index (χ4n) is 3.39. The van der Waals surface area contributed by atoms with Crippen molar-refractivity contribution in [3.63, 3.8) is 0 Å². The molecule has 0 saturated heterocycles. The number of aromatic nitrogens is 3. The number of rotatable bonds is 13. The van der Waals surface area contributed by atoms with Crippen LogP contribution in [0.5, 0.6) is 17.2 Å². The van der Waals surface area contributed by atoms with Crippen molar-refractivity contribution in [1.82, 2.24) is 19.9 Å². The highest BCUT2D eigenvalue weighted by atomic mass is 16.6. The molecule has 0 unspecified atom stereocenters. The molecule has 38 heavy (non-hydrogen) atoms. The maximum Gasteiger partial charge on any atom is 0.414 e. The quantitative estimate of drug-likeness (QED) is 0.303. The molecule has 0 spiro atoms. The third kappa shape index (κ3) is 8.22. The van der Waals surface area contributed by atoms with Crippen molar-refractivity contribution in [3.05, 3.63) is 59.9 Å². The molecule has 0 aliphatic rings. The number of ether oxygens (including phenoxy) is 3. The summed E-state index contributed by atoms with van der Waals surface area (Å²) in [7, 11) is 4.77. The van der Waals surface area contributed by atoms with Gasteiger partial charge in [0.15, 0.2) is 11.5 Å². The zero-order chi connectivity index (χ0) is 27.5. The molecule has 1 amide bonds. The molecule has 202 valence electrons. The number of hydrogen-bond acceptors (Lipinski definition) is 10. The molecule has 3 N–H and O–H groups in total. The Bertz CT molecular complexity index is 1220. The van der Waals surface area contributed by atoms with Gasteiger partial charge in [0.2, 0.25) is 11.9 Å². The van der Waals surface area contributed by atoms with Crippen molar-refractivity contribution >= 4 is 24.0 Å². The molecular formula is C26H32N6O6. The van der Waals surface area contributed by atoms with Gasteiger partial charge in [-0.15, -0.1) is 0 Å². The first-order valence-electron chi connectivity index (χ1n) is 12.0. The van der Waals surface area contributed by atoms with Crippen molar-refractivity contribution in [2.45, 2.75) is 25.8 Å². The molecule has 0 radical (unpaired) electrons. The maximum absolute atomic E-state index is 11.9. The van der Waals surface area contributed by atoms with E-state index in [1.165, 1.54) is 11.2 Å². The predicted octanol–water partition coefficient (Wildman–Crippen LogP) is 3.10. The lowest BCUT2D eigenvalue weighted by Gasteiger charge is -2.15. The minimum atomic E-state index is -1.06. The van der Waals surface area contributed by atoms with Crippen molar-refractivity contribution in [2.75, 3.05) is 45.0 Å². The van der Waals surface area contributed by atoms with Crippen LogP contribution in [-0.2, 0) is 17.6 Å². The SMILES string of the molecule is CCOc1ccc(CCNc2ncnc(N[C@@H](Cc3ccc(OC(=O)N(C)C)cc3)C(=O)O)n2)cc1OC. The summed E-state index contributed by atoms with van der Waals surface area (Å²) in [4.78, 5) is 37.3. The largest absolute Gasteiger partial charge is 0.493 e. The number of hydrogen-bond donors (Lipinski definition) is 3. The number of aliphatic carboxylic acids is 1. The number of carboxylic acid groups (broad SMARTS) is 1. The fraction of sp³-hybridized carbons (Fsp3) is 0.346. The summed E-state index contributed by atoms with van der Waals surface area (Å²) in [5, 5.41) is 15.7. The van der Waals surface area contributed by atoms with Gasteiger partial charge in [0.05, 0.1) is 13.7 Å². The molecule has 1 aromatic heterocycles. The topological polar surface area (TPSA) is 148 Å². The van der Waals surface area contributed by atoms with Crippen LogP contribution in [0, 0.1) is 0 Å². The summed E-state index contributed by atoms with van der Waals surface area (Å²) >= 11 is 0. The molecule has 0 saturated carbocycles. The Labute approximate surface area is 221 Å². The number of benzene rings is 2. The van der Waals surface area contributed by atoms with Crippen LogP contribution in [0.25, 0.3) is 0 Å². The lowest BCUT2D eigenvalue weighted by atomic mass is 10.1. The summed E-state index contributed by atoms with van der Waals surface area (Å²) < 4.78 is 16.1. The minimum Gasteiger partial charge on any atom is -0.493 e. The Morgan fingerprint density at radius 3 is 2.39 bits per heavy atom. The van der Waals surface area contributed by atoms with Gasteiger partial charge in [0.1, 0.15) is 18.1 Å². The van der Waals surface area contributed by atoms with E-state index in [1.807, 2.05) is 25.1 Å². The summed E-state index contributed by atoms with van der Waals surface area (Å²) in [6, 6.07) is 11.4. The molecule has 1 atom stereocenters. The third-order valence-electron chi connectivity index (χ3n) is 5.33. The second-order valence-corrected chi connectivity index (χ2v) is 8.37. The first-order valence-corrected chi connectivity index (χ1v) is 12.0. The van der Waals surface area contributed by atoms with E-state index >= 15 is 0 Å². The van der Waals surface area contributed by atoms with E-state index in [0.717, 1.165) is 11.1 Å². The summed E-state index contributed by atoms with van der Waals surface area (Å²) in [6.45, 7) is 3.00. The van der Waals surface area contributed by atoms with E-state index in [0.29, 0.717) is 42.8 Å². The number of nitrogens with one attached hydrogen (secondary N) is 2. The van der Waals surface area contributed by atoms with Gasteiger partial charge >= 0.3 is 12.1 Å². The number of carbonyl (C=O) groups excluding carboxylic acids is 1. The Balaban J connectivity index is 1.57. The molecule has 0 fully saturated rings. The number of anilines is 2. The van der Waals surface area contributed by atoms with E-state index in [4.69, 9.17) is 14.2 Å². The summed E-state index contributed by atoms with van der Waals surface area (Å²) in [6.07, 6.45) is 1.64. The van der Waals surface area contributed by atoms with Gasteiger partial charge in [-0.1, -0.05) is 18.2 Å². The molecule has 0 bridgehead atoms. The molecule has 3 aromatic rings. The van der Waals surface area contributed by atoms with Gasteiger partial charge in [0, 0.05) is 27.1 Å². The third-order valence-corrected chi connectivity index (χ3v) is 5.33. The lowest BCUT2D eigenvalue weighted by Crippen LogP contribution is -2.32. The van der Waals surface area contributed by atoms with Crippen LogP contribution >= 0.6 is 0 Å². The van der Waals surface area contributed by atoms with Crippen molar-refractivity contribution in [1.29, 1.82) is 0 Å². The first-order chi connectivity index (χ1) is 18.3. The Hall–Kier alpha value is -4.61. The summed E-state index contributed by atoms with van der Waals surface area (Å²) in [5.74, 6) is 1.11. The molecule has 0 aliphatic heterocycles. The average molecular weight is 525 g/mol. The number of amides is 1. The number of nitrogens with zero attached hydrogens (tertiary/aromatic N) is 4. The average Bonchev–Trinajstić information content (AvgIpc) is 2.90. The van der Waals surface area contributed by atoms with E-state index in [9.17, 15) is 14.7 Å². The van der Waals surface area contributed by atoms with Gasteiger partial charge < -0.3 is 34.9 Å². The van der Waals surface area contributed by atoms with Gasteiger partial charge in [0.25, 0.3) is 0 Å². The monoisotopic (exact) mass is 524 g/mol. The Morgan fingerprint density at radius 2 is 1.74 bits per heavy atom. The molecule has 2 aromatic carbocycles. The van der Waals surface area contributed by atoms with E-state index in [-0.39, 0.29) is 12.4 Å². The van der Waals surface area contributed by atoms with Gasteiger partial charge in [-0.3, -0.25) is 0 Å². The second kappa shape index (κ2) is 13.6. The van der Waals surface area contributed by atoms with Crippen LogP contribution in [-0.4, -0.2) is 77.4 Å². The second-order valence-electron chi connectivity index (χ2n) is 8.37. The highest BCUT2D eigenvalue weighted by Crippen LogP contribution is 2.28. The van der Waals surface area contributed by atoms with Crippen LogP contribution in [0.1, 0.15) is 18.1 Å². The fourth-order valence-corrected chi connectivity index (χ4v) is 3.39. The number of methoxy groups -OCH3 is 1. The van der Waals surface area contributed by atoms with Crippen LogP contribution in [0.15, 0.2) is 48.8 Å². The predicted molar refractivity (Wildman–Crippen MR) is 141 cm³/mol. The van der Waals surface area contributed by atoms with Gasteiger partial charge in [-0.05, 0) is 48.7 Å². The number of carboxylic acids is 1. The molecule has 12 heteroatoms. The van der Waals surface area contributed by atoms with Crippen LogP contribution in [0.3, 0.4) is 0 Å². The van der Waals surface area contributed by atoms with Gasteiger partial charge in [-0.2, -0.15) is 4.98 Å². The minimum absolute atomic E-state index is 0.133. The molecule has 0 aliphatic carbocycles. The zero-order valence-electron chi connectivity index (χ0n) is 21.8. The Kier molecular flexibility index (Phi) is 10.0. The molecule has 1 heterocycles. The smallest absolute Gasteiger partial charge is 0.414 e. The highest BCUT2D eigenvalue weighted by molar-refractivity contribution is 5.77. The van der Waals surface area contributed by atoms with E-state index in [2.05, 4.69) is 25.6 Å². The normalized spacial score (nSPS) is 11.3. The lowest BCUT2D eigenvalue weighted by molar-refractivity contribution is -0.137. The summed E-state index contributed by atoms with van der Waals surface area (Å²) in [5.41, 5.74) is 1.77. The molecule has 3 rings (SSSR count). The zero-order valence-corrected chi connectivity index (χ0v) is 21.8. The van der Waals surface area contributed by atoms with Gasteiger partial charge in [-0.25, -0.2) is 19.6 Å².